The van der Waals surface area contributed by atoms with Crippen LogP contribution in [-0.4, -0.2) is 17.2 Å². The molecular weight excluding hydrogens is 196 g/mol. The van der Waals surface area contributed by atoms with Gasteiger partial charge in [0.25, 0.3) is 0 Å². The first-order valence-corrected chi connectivity index (χ1v) is 4.51. The summed E-state index contributed by atoms with van der Waals surface area (Å²) in [5.74, 6) is -0.903. The highest BCUT2D eigenvalue weighted by Crippen LogP contribution is 2.30. The van der Waals surface area contributed by atoms with Crippen LogP contribution in [0.2, 0.25) is 0 Å². The Labute approximate surface area is 87.6 Å². The van der Waals surface area contributed by atoms with E-state index in [1.807, 2.05) is 0 Å². The van der Waals surface area contributed by atoms with Gasteiger partial charge in [0.15, 0.2) is 0 Å². The van der Waals surface area contributed by atoms with Gasteiger partial charge in [0, 0.05) is 0 Å². The molecule has 1 aromatic carbocycles. The number of nitrogen functional groups attached to an aromatic ring is 2. The molecule has 0 spiro atoms. The maximum Gasteiger partial charge on any atom is 0.341 e. The van der Waals surface area contributed by atoms with E-state index in [1.54, 1.807) is 13.8 Å². The highest BCUT2D eigenvalue weighted by molar-refractivity contribution is 5.99. The van der Waals surface area contributed by atoms with Crippen LogP contribution >= 0.6 is 0 Å². The third-order valence-corrected chi connectivity index (χ3v) is 1.82. The maximum atomic E-state index is 11.0. The first-order chi connectivity index (χ1) is 6.93. The molecule has 15 heavy (non-hydrogen) atoms. The average molecular weight is 210 g/mol. The van der Waals surface area contributed by atoms with E-state index in [2.05, 4.69) is 0 Å². The monoisotopic (exact) mass is 210 g/mol. The van der Waals surface area contributed by atoms with Gasteiger partial charge in [-0.15, -0.1) is 0 Å². The predicted octanol–water partition coefficient (Wildman–Crippen LogP) is 1.34. The zero-order valence-corrected chi connectivity index (χ0v) is 8.65. The number of rotatable bonds is 3. The number of benzene rings is 1. The summed E-state index contributed by atoms with van der Waals surface area (Å²) >= 11 is 0. The van der Waals surface area contributed by atoms with Crippen LogP contribution in [0.3, 0.4) is 0 Å². The Morgan fingerprint density at radius 3 is 2.47 bits per heavy atom. The predicted molar refractivity (Wildman–Crippen MR) is 58.0 cm³/mol. The van der Waals surface area contributed by atoms with Crippen molar-refractivity contribution in [1.82, 2.24) is 0 Å². The summed E-state index contributed by atoms with van der Waals surface area (Å²) in [6, 6.07) is 3.04. The zero-order chi connectivity index (χ0) is 11.6. The van der Waals surface area contributed by atoms with Crippen molar-refractivity contribution in [2.45, 2.75) is 20.0 Å². The SMILES string of the molecule is CC(C)Oc1ccc(N)c(N)c1C(=O)O. The summed E-state index contributed by atoms with van der Waals surface area (Å²) in [5.41, 5.74) is 11.3. The number of aromatic carboxylic acids is 1. The smallest absolute Gasteiger partial charge is 0.341 e. The third kappa shape index (κ3) is 2.31. The van der Waals surface area contributed by atoms with Gasteiger partial charge in [-0.1, -0.05) is 0 Å². The molecule has 0 saturated carbocycles. The number of nitrogens with two attached hydrogens (primary N) is 2. The zero-order valence-electron chi connectivity index (χ0n) is 8.65. The van der Waals surface area contributed by atoms with E-state index < -0.39 is 5.97 Å². The first-order valence-electron chi connectivity index (χ1n) is 4.51. The maximum absolute atomic E-state index is 11.0. The number of carbonyl (C=O) groups is 1. The fourth-order valence-corrected chi connectivity index (χ4v) is 1.19. The van der Waals surface area contributed by atoms with Crippen LogP contribution in [0.15, 0.2) is 12.1 Å². The van der Waals surface area contributed by atoms with E-state index in [9.17, 15) is 4.79 Å². The van der Waals surface area contributed by atoms with Gasteiger partial charge in [-0.05, 0) is 26.0 Å². The minimum absolute atomic E-state index is 0.0423. The van der Waals surface area contributed by atoms with E-state index in [1.165, 1.54) is 12.1 Å². The quantitative estimate of drug-likeness (QED) is 0.654. The van der Waals surface area contributed by atoms with Crippen LogP contribution in [0.25, 0.3) is 0 Å². The molecule has 0 saturated heterocycles. The second kappa shape index (κ2) is 4.08. The molecular formula is C10H14N2O3. The molecule has 1 rings (SSSR count). The van der Waals surface area contributed by atoms with Gasteiger partial charge in [-0.3, -0.25) is 0 Å². The van der Waals surface area contributed by atoms with Crippen LogP contribution in [-0.2, 0) is 0 Å². The molecule has 0 atom stereocenters. The lowest BCUT2D eigenvalue weighted by Gasteiger charge is -2.14. The topological polar surface area (TPSA) is 98.6 Å². The summed E-state index contributed by atoms with van der Waals surface area (Å²) in [7, 11) is 0. The lowest BCUT2D eigenvalue weighted by molar-refractivity contribution is 0.0692. The summed E-state index contributed by atoms with van der Waals surface area (Å²) in [6.45, 7) is 3.61. The molecule has 0 aromatic heterocycles. The highest BCUT2D eigenvalue weighted by atomic mass is 16.5. The van der Waals surface area contributed by atoms with Gasteiger partial charge in [-0.25, -0.2) is 4.79 Å². The minimum atomic E-state index is -1.14. The number of anilines is 2. The molecule has 0 amide bonds. The molecule has 5 heteroatoms. The van der Waals surface area contributed by atoms with Crippen LogP contribution in [0, 0.1) is 0 Å². The van der Waals surface area contributed by atoms with Gasteiger partial charge in [0.2, 0.25) is 0 Å². The van der Waals surface area contributed by atoms with E-state index in [0.29, 0.717) is 0 Å². The molecule has 0 unspecified atom stereocenters. The number of carboxylic acids is 1. The van der Waals surface area contributed by atoms with Crippen molar-refractivity contribution < 1.29 is 14.6 Å². The van der Waals surface area contributed by atoms with Crippen molar-refractivity contribution in [3.63, 3.8) is 0 Å². The van der Waals surface area contributed by atoms with Crippen molar-refractivity contribution in [2.75, 3.05) is 11.5 Å². The minimum Gasteiger partial charge on any atom is -0.490 e. The van der Waals surface area contributed by atoms with Crippen LogP contribution in [0.5, 0.6) is 5.75 Å². The third-order valence-electron chi connectivity index (χ3n) is 1.82. The van der Waals surface area contributed by atoms with Gasteiger partial charge in [0.1, 0.15) is 11.3 Å². The van der Waals surface area contributed by atoms with Gasteiger partial charge >= 0.3 is 5.97 Å². The Morgan fingerprint density at radius 2 is 2.00 bits per heavy atom. The first kappa shape index (κ1) is 11.2. The average Bonchev–Trinajstić information content (AvgIpc) is 2.10. The van der Waals surface area contributed by atoms with Crippen molar-refractivity contribution in [3.05, 3.63) is 17.7 Å². The summed E-state index contributed by atoms with van der Waals surface area (Å²) < 4.78 is 5.33. The van der Waals surface area contributed by atoms with E-state index in [4.69, 9.17) is 21.3 Å². The standard InChI is InChI=1S/C10H14N2O3/c1-5(2)15-7-4-3-6(11)9(12)8(7)10(13)14/h3-5H,11-12H2,1-2H3,(H,13,14). The fraction of sp³-hybridized carbons (Fsp3) is 0.300. The van der Waals surface area contributed by atoms with E-state index in [-0.39, 0.29) is 28.8 Å². The normalized spacial score (nSPS) is 10.3. The fourth-order valence-electron chi connectivity index (χ4n) is 1.19. The molecule has 0 bridgehead atoms. The van der Waals surface area contributed by atoms with E-state index >= 15 is 0 Å². The van der Waals surface area contributed by atoms with Gasteiger partial charge < -0.3 is 21.3 Å². The van der Waals surface area contributed by atoms with Crippen LogP contribution in [0.4, 0.5) is 11.4 Å². The molecule has 1 aromatic rings. The Bertz CT molecular complexity index is 388. The molecule has 5 nitrogen and oxygen atoms in total. The lowest BCUT2D eigenvalue weighted by atomic mass is 10.1. The number of hydrogen-bond donors (Lipinski definition) is 3. The Kier molecular flexibility index (Phi) is 3.04. The summed E-state index contributed by atoms with van der Waals surface area (Å²) in [4.78, 5) is 11.0. The molecule has 5 N–H and O–H groups in total. The molecule has 0 fully saturated rings. The van der Waals surface area contributed by atoms with Crippen molar-refractivity contribution >= 4 is 17.3 Å². The highest BCUT2D eigenvalue weighted by Gasteiger charge is 2.17. The molecule has 0 heterocycles. The Hall–Kier alpha value is -1.91. The van der Waals surface area contributed by atoms with Crippen molar-refractivity contribution in [1.29, 1.82) is 0 Å². The molecule has 0 aliphatic rings. The Morgan fingerprint density at radius 1 is 1.40 bits per heavy atom. The Balaban J connectivity index is 3.27. The number of ether oxygens (including phenoxy) is 1. The van der Waals surface area contributed by atoms with Crippen LogP contribution < -0.4 is 16.2 Å². The number of carboxylic acid groups (broad SMARTS) is 1. The summed E-state index contributed by atoms with van der Waals surface area (Å²) in [6.07, 6.45) is -0.119. The number of hydrogen-bond acceptors (Lipinski definition) is 4. The molecule has 0 aliphatic carbocycles. The van der Waals surface area contributed by atoms with E-state index in [0.717, 1.165) is 0 Å². The molecule has 0 aliphatic heterocycles. The van der Waals surface area contributed by atoms with Crippen molar-refractivity contribution in [3.8, 4) is 5.75 Å². The largest absolute Gasteiger partial charge is 0.490 e. The summed E-state index contributed by atoms with van der Waals surface area (Å²) in [5, 5.41) is 8.97. The van der Waals surface area contributed by atoms with Gasteiger partial charge in [-0.2, -0.15) is 0 Å². The van der Waals surface area contributed by atoms with Gasteiger partial charge in [0.05, 0.1) is 17.5 Å². The lowest BCUT2D eigenvalue weighted by Crippen LogP contribution is -2.12. The van der Waals surface area contributed by atoms with Crippen LogP contribution in [0.1, 0.15) is 24.2 Å². The molecule has 0 radical (unpaired) electrons. The second-order valence-electron chi connectivity index (χ2n) is 3.41. The molecule has 82 valence electrons. The second-order valence-corrected chi connectivity index (χ2v) is 3.41. The van der Waals surface area contributed by atoms with Crippen molar-refractivity contribution in [2.24, 2.45) is 0 Å².